The average Bonchev–Trinajstić information content (AvgIpc) is 3.72. The number of hydrogen-bond donors (Lipinski definition) is 8. The van der Waals surface area contributed by atoms with Crippen LogP contribution in [0.5, 0.6) is 0 Å². The normalized spacial score (nSPS) is 28.4. The molecule has 72 heavy (non-hydrogen) atoms. The number of unbranched alkanes of at least 4 members (excludes halogenated alkanes) is 7. The fraction of sp³-hybridized carbons (Fsp3) is 0.800. The first-order valence-electron chi connectivity index (χ1n) is 24.3. The summed E-state index contributed by atoms with van der Waals surface area (Å²) in [6, 6.07) is -2.70. The lowest BCUT2D eigenvalue weighted by atomic mass is 9.97. The number of hydrogen-bond acceptors (Lipinski definition) is 19. The number of nitrogens with one attached hydrogen (secondary N) is 1. The zero-order valence-corrected chi connectivity index (χ0v) is 42.5. The van der Waals surface area contributed by atoms with E-state index in [1.807, 2.05) is 4.98 Å². The van der Waals surface area contributed by atoms with Crippen molar-refractivity contribution in [3.05, 3.63) is 33.1 Å². The molecule has 1 aromatic heterocycles. The van der Waals surface area contributed by atoms with Crippen LogP contribution >= 0.6 is 7.82 Å². The lowest BCUT2D eigenvalue weighted by Crippen LogP contribution is -2.59. The largest absolute Gasteiger partial charge is 0.481 e. The summed E-state index contributed by atoms with van der Waals surface area (Å²) in [5, 5.41) is 42.7. The molecule has 3 aliphatic heterocycles. The molecule has 3 aliphatic rings. The molecule has 410 valence electrons. The molecular formula is C45H74N5O21P. The number of carboxylic acid groups (broad SMARTS) is 2. The Morgan fingerprint density at radius 2 is 1.50 bits per heavy atom. The van der Waals surface area contributed by atoms with E-state index in [1.54, 1.807) is 6.92 Å². The second-order valence-corrected chi connectivity index (χ2v) is 20.5. The number of ether oxygens (including phenoxy) is 6. The smallest absolute Gasteiger partial charge is 0.470 e. The van der Waals surface area contributed by atoms with Crippen LogP contribution in [0.15, 0.2) is 21.9 Å². The van der Waals surface area contributed by atoms with E-state index in [0.29, 0.717) is 12.3 Å². The van der Waals surface area contributed by atoms with Crippen LogP contribution < -0.4 is 17.0 Å². The van der Waals surface area contributed by atoms with Crippen LogP contribution in [-0.2, 0) is 61.5 Å². The number of aromatic amines is 1. The quantitative estimate of drug-likeness (QED) is 0.0302. The molecule has 4 rings (SSSR count). The Morgan fingerprint density at radius 3 is 2.06 bits per heavy atom. The summed E-state index contributed by atoms with van der Waals surface area (Å²) < 4.78 is 53.0. The predicted molar refractivity (Wildman–Crippen MR) is 250 cm³/mol. The second-order valence-electron chi connectivity index (χ2n) is 19.3. The topological polar surface area (TPSA) is 376 Å². The highest BCUT2D eigenvalue weighted by Crippen LogP contribution is 2.44. The van der Waals surface area contributed by atoms with Crippen molar-refractivity contribution in [2.24, 2.45) is 17.6 Å². The predicted octanol–water partition coefficient (Wildman–Crippen LogP) is 0.215. The van der Waals surface area contributed by atoms with Gasteiger partial charge in [0, 0.05) is 52.4 Å². The number of carboxylic acids is 2. The van der Waals surface area contributed by atoms with Gasteiger partial charge in [0.05, 0.1) is 6.42 Å². The third kappa shape index (κ3) is 17.2. The van der Waals surface area contributed by atoms with Gasteiger partial charge < -0.3 is 69.3 Å². The number of phosphoric acid groups is 1. The number of nitrogens with zero attached hydrogens (tertiary/aromatic N) is 3. The maximum atomic E-state index is 14.8. The molecule has 0 bridgehead atoms. The molecule has 4 heterocycles. The molecule has 26 nitrogen and oxygen atoms in total. The molecule has 0 spiro atoms. The molecule has 9 N–H and O–H groups in total. The fourth-order valence-electron chi connectivity index (χ4n) is 9.40. The standard InChI is InChI=1S/C45H74N5O21P/c1-24(2)15-13-11-9-7-8-10-12-14-16-26(66-31(54)20-25(3)19-30(52)53)21-32(55)67-28-23-48(4)34(41(58)49(5)33(28)43(59)60)38(70-44-40(65-6)37(27(22-46)68-44)71-72(62,63)64)39-35(56)36(57)42(69-39)50-18-17-29(51)47-45(50)61/h17-18,24-28,33-40,42,44,56-57H,7-16,19-23,46H2,1-6H3,(H,52,53)(H,59,60)(H,47,51,61)(H2,62,63,64). The van der Waals surface area contributed by atoms with Crippen molar-refractivity contribution < 1.29 is 91.7 Å². The molecular weight excluding hydrogens is 977 g/mol. The SMILES string of the molecule is COC1C(OC(C2OC(n3ccc(=O)[nH]c3=O)C(O)C2O)C2C(=O)N(C)C(C(=O)O)C(OC(=O)CC(CCCCCCCCCCC(C)C)OC(=O)CC(C)CC(=O)O)CN2C)OC(CN)C1OP(=O)(O)O. The van der Waals surface area contributed by atoms with Gasteiger partial charge in [0.15, 0.2) is 18.6 Å². The van der Waals surface area contributed by atoms with Crippen molar-refractivity contribution in [1.29, 1.82) is 0 Å². The van der Waals surface area contributed by atoms with E-state index in [-0.39, 0.29) is 19.3 Å². The Balaban J connectivity index is 1.63. The van der Waals surface area contributed by atoms with E-state index < -0.39 is 154 Å². The van der Waals surface area contributed by atoms with Gasteiger partial charge in [-0.25, -0.2) is 14.2 Å². The zero-order chi connectivity index (χ0) is 53.6. The summed E-state index contributed by atoms with van der Waals surface area (Å²) in [5.41, 5.74) is 4.01. The highest BCUT2D eigenvalue weighted by Gasteiger charge is 2.58. The van der Waals surface area contributed by atoms with E-state index in [2.05, 4.69) is 13.8 Å². The number of carbonyl (C=O) groups excluding carboxylic acids is 3. The van der Waals surface area contributed by atoms with E-state index in [9.17, 15) is 68.3 Å². The number of aliphatic hydroxyl groups is 2. The minimum absolute atomic E-state index is 0.230. The molecule has 14 unspecified atom stereocenters. The molecule has 0 aromatic carbocycles. The van der Waals surface area contributed by atoms with Gasteiger partial charge in [-0.15, -0.1) is 0 Å². The number of esters is 2. The highest BCUT2D eigenvalue weighted by atomic mass is 31.2. The van der Waals surface area contributed by atoms with Gasteiger partial charge in [-0.3, -0.25) is 42.9 Å². The number of amides is 1. The minimum atomic E-state index is -5.24. The number of likely N-dealkylation sites (N-methyl/N-ethyl adjacent to an activating group) is 2. The lowest BCUT2D eigenvalue weighted by molar-refractivity contribution is -0.236. The Hall–Kier alpha value is -4.18. The first-order valence-corrected chi connectivity index (χ1v) is 25.8. The molecule has 3 saturated heterocycles. The van der Waals surface area contributed by atoms with Crippen molar-refractivity contribution >= 4 is 37.6 Å². The van der Waals surface area contributed by atoms with Gasteiger partial charge in [-0.2, -0.15) is 0 Å². The molecule has 3 fully saturated rings. The van der Waals surface area contributed by atoms with Crippen molar-refractivity contribution in [1.82, 2.24) is 19.4 Å². The van der Waals surface area contributed by atoms with Crippen molar-refractivity contribution in [3.63, 3.8) is 0 Å². The van der Waals surface area contributed by atoms with E-state index in [4.69, 9.17) is 38.7 Å². The van der Waals surface area contributed by atoms with Crippen molar-refractivity contribution in [2.75, 3.05) is 34.3 Å². The number of rotatable bonds is 29. The number of aromatic nitrogens is 2. The first-order chi connectivity index (χ1) is 33.9. The summed E-state index contributed by atoms with van der Waals surface area (Å²) in [4.78, 5) is 114. The molecule has 0 saturated carbocycles. The van der Waals surface area contributed by atoms with Gasteiger partial charge in [-0.05, 0) is 31.7 Å². The van der Waals surface area contributed by atoms with E-state index >= 15 is 0 Å². The summed E-state index contributed by atoms with van der Waals surface area (Å²) >= 11 is 0. The van der Waals surface area contributed by atoms with Gasteiger partial charge >= 0.3 is 37.4 Å². The molecule has 14 atom stereocenters. The number of H-pyrrole nitrogens is 1. The number of nitrogens with two attached hydrogens (primary N) is 1. The Bertz CT molecular complexity index is 2120. The van der Waals surface area contributed by atoms with Crippen molar-refractivity contribution in [2.45, 2.75) is 184 Å². The molecule has 0 radical (unpaired) electrons. The van der Waals surface area contributed by atoms with Crippen molar-refractivity contribution in [3.8, 4) is 0 Å². The monoisotopic (exact) mass is 1050 g/mol. The van der Waals surface area contributed by atoms with Crippen LogP contribution in [0.2, 0.25) is 0 Å². The van der Waals surface area contributed by atoms with Crippen LogP contribution in [0.1, 0.15) is 110 Å². The zero-order valence-electron chi connectivity index (χ0n) is 41.6. The van der Waals surface area contributed by atoms with Crippen LogP contribution in [0.4, 0.5) is 0 Å². The fourth-order valence-corrected chi connectivity index (χ4v) is 9.98. The van der Waals surface area contributed by atoms with Gasteiger partial charge in [0.1, 0.15) is 61.0 Å². The second kappa shape index (κ2) is 27.9. The lowest BCUT2D eigenvalue weighted by Gasteiger charge is -2.38. The molecule has 0 aliphatic carbocycles. The third-order valence-electron chi connectivity index (χ3n) is 13.0. The van der Waals surface area contributed by atoms with Crippen LogP contribution in [0, 0.1) is 11.8 Å². The number of carbonyl (C=O) groups is 5. The summed E-state index contributed by atoms with van der Waals surface area (Å²) in [7, 11) is -1.70. The number of aliphatic carboxylic acids is 2. The number of phosphoric ester groups is 1. The van der Waals surface area contributed by atoms with Crippen LogP contribution in [0.3, 0.4) is 0 Å². The molecule has 1 aromatic rings. The first kappa shape index (κ1) is 60.4. The molecule has 27 heteroatoms. The van der Waals surface area contributed by atoms with E-state index in [0.717, 1.165) is 74.4 Å². The summed E-state index contributed by atoms with van der Waals surface area (Å²) in [5.74, 6) is -5.42. The highest BCUT2D eigenvalue weighted by molar-refractivity contribution is 7.46. The minimum Gasteiger partial charge on any atom is -0.481 e. The summed E-state index contributed by atoms with van der Waals surface area (Å²) in [6.07, 6.45) is -9.20. The van der Waals surface area contributed by atoms with E-state index in [1.165, 1.54) is 24.8 Å². The summed E-state index contributed by atoms with van der Waals surface area (Å²) in [6.45, 7) is 5.01. The van der Waals surface area contributed by atoms with Crippen LogP contribution in [-0.4, -0.2) is 187 Å². The van der Waals surface area contributed by atoms with Gasteiger partial charge in [-0.1, -0.05) is 72.1 Å². The maximum absolute atomic E-state index is 14.8. The van der Waals surface area contributed by atoms with Gasteiger partial charge in [0.25, 0.3) is 5.56 Å². The Labute approximate surface area is 416 Å². The molecule has 1 amide bonds. The maximum Gasteiger partial charge on any atom is 0.470 e. The Morgan fingerprint density at radius 1 is 0.875 bits per heavy atom. The number of methoxy groups -OCH3 is 1. The third-order valence-corrected chi connectivity index (χ3v) is 13.5. The van der Waals surface area contributed by atoms with Crippen LogP contribution in [0.25, 0.3) is 0 Å². The average molecular weight is 1050 g/mol. The van der Waals surface area contributed by atoms with Gasteiger partial charge in [0.2, 0.25) is 5.91 Å². The Kier molecular flexibility index (Phi) is 23.4. The number of aliphatic hydroxyl groups excluding tert-OH is 2.